The van der Waals surface area contributed by atoms with E-state index in [4.69, 9.17) is 27.8 Å². The molecule has 1 aliphatic heterocycles. The lowest BCUT2D eigenvalue weighted by atomic mass is 10.2. The molecule has 3 rings (SSSR count). The Morgan fingerprint density at radius 1 is 1.47 bits per heavy atom. The van der Waals surface area contributed by atoms with Crippen LogP contribution in [0.15, 0.2) is 34.6 Å². The fourth-order valence-corrected chi connectivity index (χ4v) is 6.43. The van der Waals surface area contributed by atoms with Crippen LogP contribution in [0, 0.1) is 12.3 Å². The largest absolute Gasteiger partial charge is 0.385 e. The van der Waals surface area contributed by atoms with Crippen molar-refractivity contribution in [3.05, 3.63) is 45.2 Å². The molecule has 9 heteroatoms. The molecule has 1 aromatic carbocycles. The second-order valence-electron chi connectivity index (χ2n) is 7.27. The van der Waals surface area contributed by atoms with Gasteiger partial charge in [-0.25, -0.2) is 13.4 Å². The Morgan fingerprint density at radius 3 is 2.97 bits per heavy atom. The number of benzene rings is 1. The van der Waals surface area contributed by atoms with E-state index in [1.54, 1.807) is 18.4 Å². The Kier molecular flexibility index (Phi) is 8.14. The molecule has 0 amide bonds. The van der Waals surface area contributed by atoms with Gasteiger partial charge in [0.25, 0.3) is 0 Å². The summed E-state index contributed by atoms with van der Waals surface area (Å²) in [4.78, 5) is 7.73. The molecule has 30 heavy (non-hydrogen) atoms. The zero-order chi connectivity index (χ0) is 21.6. The Labute approximate surface area is 187 Å². The van der Waals surface area contributed by atoms with E-state index in [-0.39, 0.29) is 17.5 Å². The number of terminal acetylenes is 1. The summed E-state index contributed by atoms with van der Waals surface area (Å²) < 4.78 is 31.3. The van der Waals surface area contributed by atoms with Crippen molar-refractivity contribution in [3.8, 4) is 12.3 Å². The van der Waals surface area contributed by atoms with Gasteiger partial charge < -0.3 is 9.30 Å². The van der Waals surface area contributed by atoms with Crippen LogP contribution in [-0.2, 0) is 27.7 Å². The number of ether oxygens (including phenoxy) is 1. The first-order valence-electron chi connectivity index (χ1n) is 9.76. The van der Waals surface area contributed by atoms with E-state index in [1.807, 2.05) is 24.3 Å². The van der Waals surface area contributed by atoms with Crippen LogP contribution in [0.25, 0.3) is 0 Å². The third kappa shape index (κ3) is 6.19. The maximum atomic E-state index is 12.0. The summed E-state index contributed by atoms with van der Waals surface area (Å²) in [5, 5.41) is 2.71. The third-order valence-corrected chi connectivity index (χ3v) is 7.92. The Hall–Kier alpha value is -1.63. The number of hydrogen-bond donors (Lipinski definition) is 0. The summed E-state index contributed by atoms with van der Waals surface area (Å²) in [5.74, 6) is 3.08. The van der Waals surface area contributed by atoms with Gasteiger partial charge in [-0.05, 0) is 31.0 Å². The van der Waals surface area contributed by atoms with E-state index >= 15 is 0 Å². The van der Waals surface area contributed by atoms with Gasteiger partial charge in [0.05, 0.1) is 23.7 Å². The number of halogens is 1. The lowest BCUT2D eigenvalue weighted by molar-refractivity contribution is 0.188. The second-order valence-corrected chi connectivity index (χ2v) is 10.8. The number of hydrogen-bond acceptors (Lipinski definition) is 6. The van der Waals surface area contributed by atoms with Crippen LogP contribution in [0.4, 0.5) is 5.69 Å². The first-order chi connectivity index (χ1) is 14.4. The van der Waals surface area contributed by atoms with Crippen molar-refractivity contribution in [2.24, 2.45) is 4.99 Å². The van der Waals surface area contributed by atoms with Crippen LogP contribution in [0.2, 0.25) is 5.02 Å². The fraction of sp³-hybridized carbons (Fsp3) is 0.476. The fourth-order valence-electron chi connectivity index (χ4n) is 3.55. The molecule has 2 heterocycles. The molecule has 6 nitrogen and oxygen atoms in total. The van der Waals surface area contributed by atoms with Gasteiger partial charge in [-0.1, -0.05) is 23.6 Å². The van der Waals surface area contributed by atoms with Crippen LogP contribution < -0.4 is 4.80 Å². The predicted molar refractivity (Wildman–Crippen MR) is 122 cm³/mol. The highest BCUT2D eigenvalue weighted by molar-refractivity contribution is 7.91. The molecule has 0 saturated carbocycles. The average Bonchev–Trinajstić information content (AvgIpc) is 3.25. The zero-order valence-electron chi connectivity index (χ0n) is 17.0. The van der Waals surface area contributed by atoms with E-state index in [9.17, 15) is 8.42 Å². The molecule has 0 N–H and O–H groups in total. The molecule has 0 aliphatic carbocycles. The van der Waals surface area contributed by atoms with Gasteiger partial charge in [-0.15, -0.1) is 17.8 Å². The molecule has 1 fully saturated rings. The van der Waals surface area contributed by atoms with Gasteiger partial charge in [0.1, 0.15) is 0 Å². The van der Waals surface area contributed by atoms with Crippen LogP contribution in [0.3, 0.4) is 0 Å². The van der Waals surface area contributed by atoms with Crippen molar-refractivity contribution in [3.63, 3.8) is 0 Å². The van der Waals surface area contributed by atoms with Gasteiger partial charge in [0, 0.05) is 48.9 Å². The van der Waals surface area contributed by atoms with Crippen LogP contribution in [-0.4, -0.2) is 55.7 Å². The Balaban J connectivity index is 1.91. The minimum absolute atomic E-state index is 0.0494. The molecule has 2 aromatic rings. The molecule has 1 atom stereocenters. The van der Waals surface area contributed by atoms with Crippen molar-refractivity contribution in [1.82, 2.24) is 9.47 Å². The molecule has 1 aromatic heterocycles. The normalized spacial score (nSPS) is 18.7. The number of thiazole rings is 1. The quantitative estimate of drug-likeness (QED) is 0.420. The lowest BCUT2D eigenvalue weighted by Crippen LogP contribution is -2.37. The van der Waals surface area contributed by atoms with Gasteiger partial charge in [0.2, 0.25) is 0 Å². The highest BCUT2D eigenvalue weighted by Gasteiger charge is 2.32. The topological polar surface area (TPSA) is 63.9 Å². The van der Waals surface area contributed by atoms with Crippen LogP contribution in [0.5, 0.6) is 0 Å². The molecule has 0 bridgehead atoms. The van der Waals surface area contributed by atoms with Gasteiger partial charge >= 0.3 is 0 Å². The minimum atomic E-state index is -2.98. The van der Waals surface area contributed by atoms with E-state index in [0.29, 0.717) is 31.1 Å². The van der Waals surface area contributed by atoms with Crippen molar-refractivity contribution >= 4 is 38.5 Å². The van der Waals surface area contributed by atoms with Crippen LogP contribution >= 0.6 is 22.9 Å². The van der Waals surface area contributed by atoms with Crippen molar-refractivity contribution < 1.29 is 13.2 Å². The summed E-state index contributed by atoms with van der Waals surface area (Å²) in [6.07, 6.45) is 7.05. The Morgan fingerprint density at radius 2 is 2.30 bits per heavy atom. The standard InChI is InChI=1S/C21H26ClN3O3S2/c1-3-9-24(19-8-12-30(26,27)16-19)14-20-15-29-21(25(20)10-5-11-28-2)23-18-7-4-6-17(22)13-18/h1,4,6-7,13,15,19H,5,8-12,14,16H2,2H3/t19-/m1/s1. The van der Waals surface area contributed by atoms with Crippen molar-refractivity contribution in [1.29, 1.82) is 0 Å². The summed E-state index contributed by atoms with van der Waals surface area (Å²) in [6.45, 7) is 2.39. The highest BCUT2D eigenvalue weighted by atomic mass is 35.5. The number of sulfone groups is 1. The molecule has 0 radical (unpaired) electrons. The summed E-state index contributed by atoms with van der Waals surface area (Å²) in [5.41, 5.74) is 1.86. The summed E-state index contributed by atoms with van der Waals surface area (Å²) in [6, 6.07) is 7.39. The molecule has 1 aliphatic rings. The van der Waals surface area contributed by atoms with Gasteiger partial charge in [-0.2, -0.15) is 0 Å². The SMILES string of the molecule is C#CCN(Cc1csc(=Nc2cccc(Cl)c2)n1CCCOC)[C@@H]1CCS(=O)(=O)C1. The second kappa shape index (κ2) is 10.6. The summed E-state index contributed by atoms with van der Waals surface area (Å²) >= 11 is 7.66. The summed E-state index contributed by atoms with van der Waals surface area (Å²) in [7, 11) is -1.29. The highest BCUT2D eigenvalue weighted by Crippen LogP contribution is 2.21. The monoisotopic (exact) mass is 467 g/mol. The van der Waals surface area contributed by atoms with Crippen LogP contribution in [0.1, 0.15) is 18.5 Å². The number of nitrogens with zero attached hydrogens (tertiary/aromatic N) is 3. The average molecular weight is 468 g/mol. The van der Waals surface area contributed by atoms with E-state index in [2.05, 4.69) is 20.8 Å². The van der Waals surface area contributed by atoms with E-state index < -0.39 is 9.84 Å². The first-order valence-corrected chi connectivity index (χ1v) is 12.8. The van der Waals surface area contributed by atoms with E-state index in [0.717, 1.165) is 29.1 Å². The maximum absolute atomic E-state index is 12.0. The minimum Gasteiger partial charge on any atom is -0.385 e. The van der Waals surface area contributed by atoms with E-state index in [1.165, 1.54) is 0 Å². The molecular weight excluding hydrogens is 442 g/mol. The molecule has 162 valence electrons. The zero-order valence-corrected chi connectivity index (χ0v) is 19.3. The van der Waals surface area contributed by atoms with Crippen molar-refractivity contribution in [2.45, 2.75) is 32.0 Å². The molecule has 0 unspecified atom stereocenters. The molecule has 1 saturated heterocycles. The number of aromatic nitrogens is 1. The number of methoxy groups -OCH3 is 1. The maximum Gasteiger partial charge on any atom is 0.190 e. The van der Waals surface area contributed by atoms with Gasteiger partial charge in [0.15, 0.2) is 14.6 Å². The Bertz CT molecular complexity index is 1070. The lowest BCUT2D eigenvalue weighted by Gasteiger charge is -2.26. The third-order valence-electron chi connectivity index (χ3n) is 5.03. The van der Waals surface area contributed by atoms with Gasteiger partial charge in [-0.3, -0.25) is 4.90 Å². The molecular formula is C21H26ClN3O3S2. The smallest absolute Gasteiger partial charge is 0.190 e. The first kappa shape index (κ1) is 23.0. The molecule has 0 spiro atoms. The van der Waals surface area contributed by atoms with Crippen molar-refractivity contribution in [2.75, 3.05) is 31.8 Å². The number of rotatable bonds is 9. The predicted octanol–water partition coefficient (Wildman–Crippen LogP) is 3.09.